The average Bonchev–Trinajstić information content (AvgIpc) is 2.49. The molecule has 0 unspecified atom stereocenters. The van der Waals surface area contributed by atoms with Crippen LogP contribution in [0.25, 0.3) is 0 Å². The van der Waals surface area contributed by atoms with Gasteiger partial charge in [0, 0.05) is 11.4 Å². The van der Waals surface area contributed by atoms with E-state index in [1.165, 1.54) is 76.7 Å². The predicted octanol–water partition coefficient (Wildman–Crippen LogP) is 6.18. The van der Waals surface area contributed by atoms with E-state index in [1.807, 2.05) is 0 Å². The molecule has 0 heterocycles. The van der Waals surface area contributed by atoms with Crippen molar-refractivity contribution in [2.24, 2.45) is 0 Å². The first-order chi connectivity index (χ1) is 10.3. The Kier molecular flexibility index (Phi) is 17.5. The van der Waals surface area contributed by atoms with E-state index in [2.05, 4.69) is 22.9 Å². The van der Waals surface area contributed by atoms with E-state index in [9.17, 15) is 4.79 Å². The maximum Gasteiger partial charge on any atom is 0.330 e. The molecule has 0 aliphatic carbocycles. The number of alkyl halides is 1. The van der Waals surface area contributed by atoms with Crippen LogP contribution < -0.4 is 0 Å². The van der Waals surface area contributed by atoms with Gasteiger partial charge in [0.25, 0.3) is 0 Å². The van der Waals surface area contributed by atoms with Crippen molar-refractivity contribution < 1.29 is 9.53 Å². The molecule has 3 heteroatoms. The maximum atomic E-state index is 11.2. The molecule has 0 aliphatic heterocycles. The zero-order valence-corrected chi connectivity index (χ0v) is 15.3. The number of ether oxygens (including phenoxy) is 1. The largest absolute Gasteiger partial charge is 0.463 e. The molecule has 2 nitrogen and oxygen atoms in total. The average molecular weight is 361 g/mol. The van der Waals surface area contributed by atoms with Crippen molar-refractivity contribution in [2.75, 3.05) is 11.9 Å². The van der Waals surface area contributed by atoms with Crippen LogP contribution in [0, 0.1) is 0 Å². The summed E-state index contributed by atoms with van der Waals surface area (Å²) in [5.41, 5.74) is 0. The van der Waals surface area contributed by atoms with Crippen molar-refractivity contribution in [3.05, 3.63) is 12.2 Å². The van der Waals surface area contributed by atoms with Crippen molar-refractivity contribution in [2.45, 2.75) is 84.0 Å². The Bertz CT molecular complexity index is 252. The van der Waals surface area contributed by atoms with Crippen molar-refractivity contribution in [1.82, 2.24) is 0 Å². The van der Waals surface area contributed by atoms with Crippen LogP contribution in [0.5, 0.6) is 0 Å². The second-order valence-electron chi connectivity index (χ2n) is 5.61. The zero-order chi connectivity index (χ0) is 15.6. The molecule has 0 amide bonds. The monoisotopic (exact) mass is 360 g/mol. The molecular formula is C18H33BrO2. The molecule has 0 aromatic rings. The highest BCUT2D eigenvalue weighted by molar-refractivity contribution is 9.09. The van der Waals surface area contributed by atoms with Crippen LogP contribution in [0.3, 0.4) is 0 Å². The third-order valence-corrected chi connectivity index (χ3v) is 3.96. The molecule has 0 rings (SSSR count). The van der Waals surface area contributed by atoms with Crippen LogP contribution in [-0.2, 0) is 9.53 Å². The van der Waals surface area contributed by atoms with E-state index < -0.39 is 0 Å². The van der Waals surface area contributed by atoms with E-state index in [4.69, 9.17) is 4.74 Å². The molecule has 0 fully saturated rings. The fourth-order valence-electron chi connectivity index (χ4n) is 2.30. The molecule has 0 N–H and O–H groups in total. The summed E-state index contributed by atoms with van der Waals surface area (Å²) in [6, 6.07) is 0. The van der Waals surface area contributed by atoms with Crippen LogP contribution in [0.4, 0.5) is 0 Å². The van der Waals surface area contributed by atoms with Crippen LogP contribution in [0.15, 0.2) is 12.2 Å². The summed E-state index contributed by atoms with van der Waals surface area (Å²) in [6.45, 7) is 2.82. The van der Waals surface area contributed by atoms with Gasteiger partial charge < -0.3 is 4.74 Å². The van der Waals surface area contributed by atoms with Gasteiger partial charge in [-0.05, 0) is 6.42 Å². The molecule has 0 spiro atoms. The summed E-state index contributed by atoms with van der Waals surface area (Å²) in [5.74, 6) is -0.225. The molecule has 0 aromatic heterocycles. The fourth-order valence-corrected chi connectivity index (χ4v) is 2.49. The van der Waals surface area contributed by atoms with Crippen molar-refractivity contribution in [1.29, 1.82) is 0 Å². The van der Waals surface area contributed by atoms with Gasteiger partial charge in [0.05, 0.1) is 6.61 Å². The minimum absolute atomic E-state index is 0.225. The van der Waals surface area contributed by atoms with Gasteiger partial charge in [-0.25, -0.2) is 4.79 Å². The molecule has 0 saturated carbocycles. The lowest BCUT2D eigenvalue weighted by atomic mass is 10.1. The minimum Gasteiger partial charge on any atom is -0.463 e. The number of hydrogen-bond acceptors (Lipinski definition) is 2. The Balaban J connectivity index is 3.09. The standard InChI is InChI=1S/C18H33BrO2/c1-2-3-4-5-6-7-8-9-10-11-12-13-17-21-18(20)15-14-16-19/h14-15H,2-13,16-17H2,1H3/b15-14+. The zero-order valence-electron chi connectivity index (χ0n) is 13.7. The van der Waals surface area contributed by atoms with Gasteiger partial charge in [-0.2, -0.15) is 0 Å². The highest BCUT2D eigenvalue weighted by Gasteiger charge is 1.97. The Morgan fingerprint density at radius 1 is 0.857 bits per heavy atom. The molecular weight excluding hydrogens is 328 g/mol. The Hall–Kier alpha value is -0.310. The summed E-state index contributed by atoms with van der Waals surface area (Å²) in [7, 11) is 0. The summed E-state index contributed by atoms with van der Waals surface area (Å²) in [5, 5.41) is 0.695. The summed E-state index contributed by atoms with van der Waals surface area (Å²) < 4.78 is 5.09. The van der Waals surface area contributed by atoms with E-state index in [0.717, 1.165) is 6.42 Å². The number of halogens is 1. The van der Waals surface area contributed by atoms with Gasteiger partial charge in [0.2, 0.25) is 0 Å². The van der Waals surface area contributed by atoms with E-state index >= 15 is 0 Å². The molecule has 0 radical (unpaired) electrons. The number of rotatable bonds is 15. The van der Waals surface area contributed by atoms with Gasteiger partial charge in [0.15, 0.2) is 0 Å². The quantitative estimate of drug-likeness (QED) is 0.151. The van der Waals surface area contributed by atoms with E-state index in [-0.39, 0.29) is 5.97 Å². The van der Waals surface area contributed by atoms with Crippen LogP contribution in [0.1, 0.15) is 84.0 Å². The first-order valence-electron chi connectivity index (χ1n) is 8.70. The number of esters is 1. The molecule has 0 aromatic carbocycles. The SMILES string of the molecule is CCCCCCCCCCCCCCOC(=O)/C=C/CBr. The van der Waals surface area contributed by atoms with Gasteiger partial charge in [0.1, 0.15) is 0 Å². The number of hydrogen-bond donors (Lipinski definition) is 0. The lowest BCUT2D eigenvalue weighted by molar-refractivity contribution is -0.137. The van der Waals surface area contributed by atoms with Crippen LogP contribution in [-0.4, -0.2) is 17.9 Å². The van der Waals surface area contributed by atoms with Crippen LogP contribution >= 0.6 is 15.9 Å². The number of carbonyl (C=O) groups is 1. The topological polar surface area (TPSA) is 26.3 Å². The maximum absolute atomic E-state index is 11.2. The second-order valence-corrected chi connectivity index (χ2v) is 6.26. The highest BCUT2D eigenvalue weighted by atomic mass is 79.9. The van der Waals surface area contributed by atoms with Gasteiger partial charge >= 0.3 is 5.97 Å². The summed E-state index contributed by atoms with van der Waals surface area (Å²) >= 11 is 3.23. The number of allylic oxidation sites excluding steroid dienone is 1. The lowest BCUT2D eigenvalue weighted by Gasteiger charge is -2.03. The number of carbonyl (C=O) groups excluding carboxylic acids is 1. The summed E-state index contributed by atoms with van der Waals surface area (Å²) in [6.07, 6.45) is 19.1. The molecule has 21 heavy (non-hydrogen) atoms. The first-order valence-corrected chi connectivity index (χ1v) is 9.82. The van der Waals surface area contributed by atoms with Gasteiger partial charge in [-0.1, -0.05) is 99.6 Å². The van der Waals surface area contributed by atoms with Crippen LogP contribution in [0.2, 0.25) is 0 Å². The molecule has 0 bridgehead atoms. The third kappa shape index (κ3) is 17.6. The van der Waals surface area contributed by atoms with Crippen molar-refractivity contribution in [3.8, 4) is 0 Å². The van der Waals surface area contributed by atoms with Gasteiger partial charge in [-0.15, -0.1) is 0 Å². The van der Waals surface area contributed by atoms with E-state index in [0.29, 0.717) is 11.9 Å². The first kappa shape index (κ1) is 20.7. The number of unbranched alkanes of at least 4 members (excludes halogenated alkanes) is 11. The van der Waals surface area contributed by atoms with Gasteiger partial charge in [-0.3, -0.25) is 0 Å². The molecule has 0 atom stereocenters. The van der Waals surface area contributed by atoms with Crippen molar-refractivity contribution in [3.63, 3.8) is 0 Å². The fraction of sp³-hybridized carbons (Fsp3) is 0.833. The normalized spacial score (nSPS) is 11.1. The minimum atomic E-state index is -0.225. The molecule has 0 saturated heterocycles. The highest BCUT2D eigenvalue weighted by Crippen LogP contribution is 2.11. The second kappa shape index (κ2) is 17.7. The summed E-state index contributed by atoms with van der Waals surface area (Å²) in [4.78, 5) is 11.2. The lowest BCUT2D eigenvalue weighted by Crippen LogP contribution is -2.02. The Morgan fingerprint density at radius 2 is 1.33 bits per heavy atom. The van der Waals surface area contributed by atoms with Crippen molar-refractivity contribution >= 4 is 21.9 Å². The Morgan fingerprint density at radius 3 is 1.81 bits per heavy atom. The molecule has 0 aliphatic rings. The third-order valence-electron chi connectivity index (χ3n) is 3.59. The molecule has 124 valence electrons. The smallest absolute Gasteiger partial charge is 0.330 e. The Labute approximate surface area is 139 Å². The van der Waals surface area contributed by atoms with E-state index in [1.54, 1.807) is 6.08 Å². The predicted molar refractivity (Wildman–Crippen MR) is 95.0 cm³/mol.